The highest BCUT2D eigenvalue weighted by Gasteiger charge is 2.34. The predicted octanol–water partition coefficient (Wildman–Crippen LogP) is 6.29. The van der Waals surface area contributed by atoms with Gasteiger partial charge in [-0.15, -0.1) is 11.8 Å². The van der Waals surface area contributed by atoms with Crippen molar-refractivity contribution in [1.82, 2.24) is 4.90 Å². The second-order valence-corrected chi connectivity index (χ2v) is 7.63. The van der Waals surface area contributed by atoms with E-state index < -0.39 is 22.8 Å². The number of amides is 2. The minimum absolute atomic E-state index is 0.0356. The van der Waals surface area contributed by atoms with Crippen LogP contribution >= 0.6 is 35.0 Å². The minimum atomic E-state index is -4.59. The first kappa shape index (κ1) is 19.2. The van der Waals surface area contributed by atoms with E-state index in [1.807, 2.05) is 6.07 Å². The van der Waals surface area contributed by atoms with Crippen molar-refractivity contribution >= 4 is 46.7 Å². The van der Waals surface area contributed by atoms with E-state index in [1.165, 1.54) is 6.07 Å². The van der Waals surface area contributed by atoms with Crippen molar-refractivity contribution in [1.29, 1.82) is 0 Å². The molecule has 1 atom stereocenters. The number of nitrogens with zero attached hydrogens (tertiary/aromatic N) is 1. The summed E-state index contributed by atoms with van der Waals surface area (Å²) in [4.78, 5) is 14.2. The molecule has 2 aromatic rings. The molecule has 3 nitrogen and oxygen atoms in total. The molecule has 138 valence electrons. The molecule has 0 bridgehead atoms. The van der Waals surface area contributed by atoms with Gasteiger partial charge in [-0.2, -0.15) is 13.2 Å². The van der Waals surface area contributed by atoms with E-state index in [9.17, 15) is 18.0 Å². The summed E-state index contributed by atoms with van der Waals surface area (Å²) in [6.07, 6.45) is -4.59. The maximum Gasteiger partial charge on any atom is 0.417 e. The average molecular weight is 421 g/mol. The number of urea groups is 1. The highest BCUT2D eigenvalue weighted by atomic mass is 35.5. The topological polar surface area (TPSA) is 32.3 Å². The van der Waals surface area contributed by atoms with Crippen LogP contribution in [0.1, 0.15) is 16.5 Å². The summed E-state index contributed by atoms with van der Waals surface area (Å²) >= 11 is 13.2. The van der Waals surface area contributed by atoms with Crippen molar-refractivity contribution in [2.24, 2.45) is 0 Å². The molecule has 1 aliphatic heterocycles. The first-order valence-corrected chi connectivity index (χ1v) is 9.37. The molecule has 1 saturated heterocycles. The van der Waals surface area contributed by atoms with Gasteiger partial charge in [0.2, 0.25) is 0 Å². The Morgan fingerprint density at radius 3 is 2.65 bits per heavy atom. The number of nitrogens with one attached hydrogen (secondary N) is 1. The fraction of sp³-hybridized carbons (Fsp3) is 0.235. The molecule has 3 rings (SSSR count). The number of thioether (sulfide) groups is 1. The number of alkyl halides is 3. The Morgan fingerprint density at radius 2 is 1.96 bits per heavy atom. The van der Waals surface area contributed by atoms with E-state index in [2.05, 4.69) is 5.32 Å². The van der Waals surface area contributed by atoms with E-state index in [0.717, 1.165) is 23.4 Å². The standard InChI is InChI=1S/C17H13Cl2F3N2OS/c18-11-3-1-2-10(8-11)15-24(6-7-26-15)16(25)23-12-4-5-14(19)13(9-12)17(20,21)22/h1-5,8-9,15H,6-7H2,(H,23,25). The van der Waals surface area contributed by atoms with Crippen LogP contribution in [0.2, 0.25) is 10.0 Å². The van der Waals surface area contributed by atoms with Crippen LogP contribution in [0.4, 0.5) is 23.7 Å². The Morgan fingerprint density at radius 1 is 1.19 bits per heavy atom. The zero-order valence-corrected chi connectivity index (χ0v) is 15.5. The van der Waals surface area contributed by atoms with Crippen molar-refractivity contribution in [3.8, 4) is 0 Å². The molecule has 0 aliphatic carbocycles. The van der Waals surface area contributed by atoms with Gasteiger partial charge >= 0.3 is 12.2 Å². The maximum atomic E-state index is 13.0. The molecule has 1 aliphatic rings. The lowest BCUT2D eigenvalue weighted by atomic mass is 10.2. The monoisotopic (exact) mass is 420 g/mol. The molecule has 0 saturated carbocycles. The number of benzene rings is 2. The highest BCUT2D eigenvalue weighted by Crippen LogP contribution is 2.39. The largest absolute Gasteiger partial charge is 0.417 e. The zero-order valence-electron chi connectivity index (χ0n) is 13.2. The van der Waals surface area contributed by atoms with Crippen LogP contribution in [0.15, 0.2) is 42.5 Å². The lowest BCUT2D eigenvalue weighted by Crippen LogP contribution is -2.34. The van der Waals surface area contributed by atoms with Crippen molar-refractivity contribution in [3.05, 3.63) is 63.6 Å². The summed E-state index contributed by atoms with van der Waals surface area (Å²) < 4.78 is 38.9. The molecule has 1 N–H and O–H groups in total. The molecule has 0 spiro atoms. The van der Waals surface area contributed by atoms with Crippen molar-refractivity contribution in [2.75, 3.05) is 17.6 Å². The zero-order chi connectivity index (χ0) is 18.9. The van der Waals surface area contributed by atoms with Gasteiger partial charge in [0.15, 0.2) is 0 Å². The second kappa shape index (κ2) is 7.58. The molecular weight excluding hydrogens is 408 g/mol. The molecule has 26 heavy (non-hydrogen) atoms. The quantitative estimate of drug-likeness (QED) is 0.618. The molecule has 1 unspecified atom stereocenters. The van der Waals surface area contributed by atoms with Gasteiger partial charge in [0, 0.05) is 23.0 Å². The van der Waals surface area contributed by atoms with Gasteiger partial charge in [-0.3, -0.25) is 0 Å². The van der Waals surface area contributed by atoms with E-state index >= 15 is 0 Å². The van der Waals surface area contributed by atoms with Crippen LogP contribution in [-0.4, -0.2) is 23.2 Å². The van der Waals surface area contributed by atoms with Crippen LogP contribution in [0, 0.1) is 0 Å². The summed E-state index contributed by atoms with van der Waals surface area (Å²) in [7, 11) is 0. The van der Waals surface area contributed by atoms with Crippen LogP contribution in [-0.2, 0) is 6.18 Å². The molecule has 0 aromatic heterocycles. The number of anilines is 1. The summed E-state index contributed by atoms with van der Waals surface area (Å²) in [5.74, 6) is 0.721. The summed E-state index contributed by atoms with van der Waals surface area (Å²) in [5.41, 5.74) is -0.0881. The SMILES string of the molecule is O=C(Nc1ccc(Cl)c(C(F)(F)F)c1)N1CCSC1c1cccc(Cl)c1. The van der Waals surface area contributed by atoms with Gasteiger partial charge in [0.05, 0.1) is 10.6 Å². The van der Waals surface area contributed by atoms with E-state index in [0.29, 0.717) is 11.6 Å². The first-order chi connectivity index (χ1) is 12.3. The smallest absolute Gasteiger partial charge is 0.308 e. The van der Waals surface area contributed by atoms with Gasteiger partial charge in [0.25, 0.3) is 0 Å². The normalized spacial score (nSPS) is 17.4. The van der Waals surface area contributed by atoms with Gasteiger partial charge in [-0.1, -0.05) is 35.3 Å². The molecule has 0 radical (unpaired) electrons. The predicted molar refractivity (Wildman–Crippen MR) is 98.8 cm³/mol. The Bertz CT molecular complexity index is 832. The van der Waals surface area contributed by atoms with Crippen LogP contribution < -0.4 is 5.32 Å². The lowest BCUT2D eigenvalue weighted by Gasteiger charge is -2.24. The van der Waals surface area contributed by atoms with E-state index in [-0.39, 0.29) is 11.1 Å². The van der Waals surface area contributed by atoms with Crippen molar-refractivity contribution in [2.45, 2.75) is 11.6 Å². The van der Waals surface area contributed by atoms with E-state index in [1.54, 1.807) is 34.9 Å². The molecule has 1 fully saturated rings. The van der Waals surface area contributed by atoms with Crippen LogP contribution in [0.25, 0.3) is 0 Å². The Kier molecular flexibility index (Phi) is 5.60. The summed E-state index contributed by atoms with van der Waals surface area (Å²) in [6.45, 7) is 0.480. The molecular formula is C17H13Cl2F3N2OS. The Balaban J connectivity index is 1.79. The number of carbonyl (C=O) groups is 1. The summed E-state index contributed by atoms with van der Waals surface area (Å²) in [6, 6.07) is 9.98. The number of rotatable bonds is 2. The Labute approximate surface area is 162 Å². The highest BCUT2D eigenvalue weighted by molar-refractivity contribution is 7.99. The van der Waals surface area contributed by atoms with E-state index in [4.69, 9.17) is 23.2 Å². The van der Waals surface area contributed by atoms with Gasteiger partial charge < -0.3 is 10.2 Å². The van der Waals surface area contributed by atoms with Crippen LogP contribution in [0.5, 0.6) is 0 Å². The third kappa shape index (κ3) is 4.22. The van der Waals surface area contributed by atoms with Crippen molar-refractivity contribution in [3.63, 3.8) is 0 Å². The third-order valence-electron chi connectivity index (χ3n) is 3.81. The second-order valence-electron chi connectivity index (χ2n) is 5.59. The molecule has 1 heterocycles. The van der Waals surface area contributed by atoms with Gasteiger partial charge in [-0.05, 0) is 35.9 Å². The third-order valence-corrected chi connectivity index (χ3v) is 5.63. The van der Waals surface area contributed by atoms with Crippen LogP contribution in [0.3, 0.4) is 0 Å². The number of hydrogen-bond acceptors (Lipinski definition) is 2. The Hall–Kier alpha value is -1.57. The fourth-order valence-electron chi connectivity index (χ4n) is 2.63. The number of hydrogen-bond donors (Lipinski definition) is 1. The van der Waals surface area contributed by atoms with Crippen molar-refractivity contribution < 1.29 is 18.0 Å². The average Bonchev–Trinajstić information content (AvgIpc) is 3.05. The summed E-state index contributed by atoms with van der Waals surface area (Å²) in [5, 5.41) is 2.42. The molecule has 2 aromatic carbocycles. The number of halogens is 5. The lowest BCUT2D eigenvalue weighted by molar-refractivity contribution is -0.137. The molecule has 9 heteroatoms. The number of carbonyl (C=O) groups excluding carboxylic acids is 1. The minimum Gasteiger partial charge on any atom is -0.308 e. The molecule has 2 amide bonds. The van der Waals surface area contributed by atoms with Gasteiger partial charge in [0.1, 0.15) is 5.37 Å². The maximum absolute atomic E-state index is 13.0. The first-order valence-electron chi connectivity index (χ1n) is 7.57. The van der Waals surface area contributed by atoms with Gasteiger partial charge in [-0.25, -0.2) is 4.79 Å². The fourth-order valence-corrected chi connectivity index (χ4v) is 4.30.